The predicted octanol–water partition coefficient (Wildman–Crippen LogP) is -3.68. The summed E-state index contributed by atoms with van der Waals surface area (Å²) in [5.74, 6) is -0.212. The van der Waals surface area contributed by atoms with Crippen LogP contribution >= 0.6 is 0 Å². The van der Waals surface area contributed by atoms with Crippen molar-refractivity contribution in [3.63, 3.8) is 0 Å². The van der Waals surface area contributed by atoms with Crippen molar-refractivity contribution < 1.29 is 19.7 Å². The molecule has 2 unspecified atom stereocenters. The van der Waals surface area contributed by atoms with E-state index in [0.29, 0.717) is 5.56 Å². The third kappa shape index (κ3) is 3.81. The summed E-state index contributed by atoms with van der Waals surface area (Å²) in [5, 5.41) is 28.2. The smallest absolute Gasteiger partial charge is 0.343 e. The Bertz CT molecular complexity index is 1330. The first-order valence-electron chi connectivity index (χ1n) is 12.8. The first-order chi connectivity index (χ1) is 18.4. The second kappa shape index (κ2) is 9.24. The van der Waals surface area contributed by atoms with Gasteiger partial charge in [0.15, 0.2) is 17.7 Å². The normalized spacial score (nSPS) is 29.2. The van der Waals surface area contributed by atoms with Crippen molar-refractivity contribution in [2.24, 2.45) is 16.5 Å². The van der Waals surface area contributed by atoms with E-state index in [0.717, 1.165) is 31.2 Å². The highest BCUT2D eigenvalue weighted by molar-refractivity contribution is 5.96. The molecule has 3 aliphatic heterocycles. The van der Waals surface area contributed by atoms with Gasteiger partial charge in [-0.05, 0) is 55.0 Å². The van der Waals surface area contributed by atoms with Crippen LogP contribution in [0.5, 0.6) is 0 Å². The molecule has 6 rings (SSSR count). The molecule has 1 spiro atoms. The fourth-order valence-electron chi connectivity index (χ4n) is 6.24. The SMILES string of the molecule is NC1=N[C@@H](CNC(=O)c2cccnn2)[C@@H]2[NH+]=C(N)NC23[C@H](O)C(NC(=O)c2cccc4c2CCCC4)CN13. The van der Waals surface area contributed by atoms with Crippen molar-refractivity contribution >= 4 is 23.7 Å². The maximum Gasteiger partial charge on any atom is 0.343 e. The van der Waals surface area contributed by atoms with E-state index in [1.807, 2.05) is 12.1 Å². The van der Waals surface area contributed by atoms with Gasteiger partial charge in [-0.15, -0.1) is 5.10 Å². The first-order valence-corrected chi connectivity index (χ1v) is 12.8. The Hall–Kier alpha value is -4.26. The van der Waals surface area contributed by atoms with Gasteiger partial charge >= 0.3 is 5.96 Å². The van der Waals surface area contributed by atoms with Crippen molar-refractivity contribution in [2.45, 2.75) is 55.6 Å². The lowest BCUT2D eigenvalue weighted by Gasteiger charge is -2.43. The second-order valence-corrected chi connectivity index (χ2v) is 10.1. The molecule has 4 aliphatic rings. The van der Waals surface area contributed by atoms with E-state index in [1.54, 1.807) is 17.0 Å². The van der Waals surface area contributed by atoms with Gasteiger partial charge in [-0.25, -0.2) is 10.3 Å². The molecular formula is C25H31N10O3+. The summed E-state index contributed by atoms with van der Waals surface area (Å²) >= 11 is 0. The maximum atomic E-state index is 13.4. The predicted molar refractivity (Wildman–Crippen MR) is 137 cm³/mol. The average molecular weight is 520 g/mol. The lowest BCUT2D eigenvalue weighted by Crippen LogP contribution is -2.88. The number of amides is 2. The highest BCUT2D eigenvalue weighted by Gasteiger charge is 2.68. The van der Waals surface area contributed by atoms with Gasteiger partial charge in [0, 0.05) is 24.8 Å². The number of aryl methyl sites for hydroxylation is 1. The van der Waals surface area contributed by atoms with Crippen LogP contribution in [0.4, 0.5) is 0 Å². The monoisotopic (exact) mass is 519 g/mol. The van der Waals surface area contributed by atoms with Gasteiger partial charge in [0.25, 0.3) is 11.8 Å². The van der Waals surface area contributed by atoms with Crippen molar-refractivity contribution in [2.75, 3.05) is 13.1 Å². The van der Waals surface area contributed by atoms with Crippen LogP contribution in [-0.2, 0) is 12.8 Å². The number of aliphatic hydroxyl groups excluding tert-OH is 1. The van der Waals surface area contributed by atoms with Crippen LogP contribution in [0.2, 0.25) is 0 Å². The number of nitrogens with one attached hydrogen (secondary N) is 4. The number of nitrogens with zero attached hydrogens (tertiary/aromatic N) is 4. The maximum absolute atomic E-state index is 13.4. The summed E-state index contributed by atoms with van der Waals surface area (Å²) in [4.78, 5) is 35.5. The van der Waals surface area contributed by atoms with E-state index in [-0.39, 0.29) is 36.6 Å². The number of aromatic nitrogens is 2. The summed E-state index contributed by atoms with van der Waals surface area (Å²) < 4.78 is 0. The summed E-state index contributed by atoms with van der Waals surface area (Å²) in [5.41, 5.74) is 14.5. The van der Waals surface area contributed by atoms with Gasteiger partial charge < -0.3 is 26.4 Å². The van der Waals surface area contributed by atoms with Crippen molar-refractivity contribution in [1.29, 1.82) is 0 Å². The molecule has 198 valence electrons. The zero-order chi connectivity index (χ0) is 26.4. The third-order valence-electron chi connectivity index (χ3n) is 7.97. The average Bonchev–Trinajstić information content (AvgIpc) is 3.43. The molecule has 1 fully saturated rings. The molecule has 2 amide bonds. The van der Waals surface area contributed by atoms with E-state index in [2.05, 4.69) is 42.2 Å². The van der Waals surface area contributed by atoms with Crippen LogP contribution in [0.15, 0.2) is 41.5 Å². The summed E-state index contributed by atoms with van der Waals surface area (Å²) in [6, 6.07) is 7.25. The van der Waals surface area contributed by atoms with Crippen LogP contribution in [0.3, 0.4) is 0 Å². The molecule has 4 heterocycles. The summed E-state index contributed by atoms with van der Waals surface area (Å²) in [6.45, 7) is 0.340. The van der Waals surface area contributed by atoms with Gasteiger partial charge in [-0.1, -0.05) is 12.1 Å². The number of carbonyl (C=O) groups is 2. The molecule has 9 N–H and O–H groups in total. The standard InChI is InChI=1S/C25H30N10O3/c26-23-32-19-17(11-28-22(38)16-9-4-10-29-34-16)31-24(27)35-12-18(20(36)25(19,35)33-23)30-21(37)15-8-3-6-13-5-1-2-7-14(13)15/h3-4,6,8-10,17-20,36H,1-2,5,7,11-12H2,(H2,27,31)(H,28,38)(H,30,37)(H3,26,32,33)/p+1/t17-,18?,19-,20+,25?/m0/s1. The number of hydrogen-bond donors (Lipinski definition) is 7. The number of rotatable bonds is 5. The third-order valence-corrected chi connectivity index (χ3v) is 7.97. The number of aliphatic imine (C=N–C) groups is 1. The Labute approximate surface area is 218 Å². The van der Waals surface area contributed by atoms with Gasteiger partial charge in [0.05, 0.1) is 6.04 Å². The van der Waals surface area contributed by atoms with Crippen LogP contribution in [0.25, 0.3) is 0 Å². The molecule has 13 heteroatoms. The van der Waals surface area contributed by atoms with E-state index >= 15 is 0 Å². The highest BCUT2D eigenvalue weighted by atomic mass is 16.3. The molecule has 0 saturated carbocycles. The summed E-state index contributed by atoms with van der Waals surface area (Å²) in [7, 11) is 0. The van der Waals surface area contributed by atoms with Crippen LogP contribution < -0.4 is 32.4 Å². The van der Waals surface area contributed by atoms with Gasteiger partial charge in [-0.2, -0.15) is 5.10 Å². The zero-order valence-corrected chi connectivity index (χ0v) is 20.7. The molecule has 1 saturated heterocycles. The van der Waals surface area contributed by atoms with E-state index < -0.39 is 35.8 Å². The quantitative estimate of drug-likeness (QED) is 0.208. The lowest BCUT2D eigenvalue weighted by atomic mass is 9.87. The summed E-state index contributed by atoms with van der Waals surface area (Å²) in [6.07, 6.45) is 4.40. The fourth-order valence-corrected chi connectivity index (χ4v) is 6.24. The Balaban J connectivity index is 1.22. The molecule has 1 aromatic carbocycles. The van der Waals surface area contributed by atoms with Crippen molar-refractivity contribution in [3.05, 3.63) is 58.9 Å². The molecular weight excluding hydrogens is 488 g/mol. The largest absolute Gasteiger partial charge is 0.385 e. The minimum Gasteiger partial charge on any atom is -0.385 e. The molecule has 0 bridgehead atoms. The van der Waals surface area contributed by atoms with Gasteiger partial charge in [0.2, 0.25) is 5.66 Å². The number of nitrogens with two attached hydrogens (primary N) is 2. The van der Waals surface area contributed by atoms with Gasteiger partial charge in [0.1, 0.15) is 12.1 Å². The number of carbonyl (C=O) groups excluding carboxylic acids is 2. The van der Waals surface area contributed by atoms with Crippen molar-refractivity contribution in [1.82, 2.24) is 31.0 Å². The Kier molecular flexibility index (Phi) is 5.86. The number of hydrogen-bond acceptors (Lipinski definition) is 10. The second-order valence-electron chi connectivity index (χ2n) is 10.1. The van der Waals surface area contributed by atoms with E-state index in [4.69, 9.17) is 11.5 Å². The van der Waals surface area contributed by atoms with E-state index in [1.165, 1.54) is 11.8 Å². The molecule has 13 nitrogen and oxygen atoms in total. The first kappa shape index (κ1) is 24.1. The topological polar surface area (TPSA) is 198 Å². The minimum absolute atomic E-state index is 0.109. The highest BCUT2D eigenvalue weighted by Crippen LogP contribution is 2.35. The fraction of sp³-hybridized carbons (Fsp3) is 0.440. The molecule has 5 atom stereocenters. The molecule has 0 radical (unpaired) electrons. The molecule has 2 aromatic rings. The molecule has 38 heavy (non-hydrogen) atoms. The lowest BCUT2D eigenvalue weighted by molar-refractivity contribution is -0.513. The number of fused-ring (bicyclic) bond motifs is 1. The van der Waals surface area contributed by atoms with Crippen LogP contribution in [-0.4, -0.2) is 86.9 Å². The zero-order valence-electron chi connectivity index (χ0n) is 20.7. The van der Waals surface area contributed by atoms with Gasteiger partial charge in [-0.3, -0.25) is 20.3 Å². The Morgan fingerprint density at radius 3 is 2.84 bits per heavy atom. The molecule has 1 aliphatic carbocycles. The van der Waals surface area contributed by atoms with Crippen LogP contribution in [0.1, 0.15) is 44.8 Å². The number of benzene rings is 1. The van der Waals surface area contributed by atoms with Crippen molar-refractivity contribution in [3.8, 4) is 0 Å². The Morgan fingerprint density at radius 2 is 2.03 bits per heavy atom. The van der Waals surface area contributed by atoms with E-state index in [9.17, 15) is 14.7 Å². The Morgan fingerprint density at radius 1 is 1.18 bits per heavy atom. The van der Waals surface area contributed by atoms with Crippen LogP contribution in [0, 0.1) is 0 Å². The minimum atomic E-state index is -1.16. The molecule has 1 aromatic heterocycles. The number of aliphatic hydroxyl groups is 1. The number of guanidine groups is 2.